The molecule has 30 heavy (non-hydrogen) atoms. The molecule has 1 aliphatic heterocycles. The van der Waals surface area contributed by atoms with Crippen LogP contribution in [0.15, 0.2) is 52.0 Å². The highest BCUT2D eigenvalue weighted by atomic mass is 79.9. The molecule has 1 saturated heterocycles. The van der Waals surface area contributed by atoms with Crippen LogP contribution in [0.3, 0.4) is 0 Å². The minimum absolute atomic E-state index is 0.0407. The van der Waals surface area contributed by atoms with Crippen molar-refractivity contribution in [2.24, 2.45) is 5.10 Å². The summed E-state index contributed by atoms with van der Waals surface area (Å²) in [5.41, 5.74) is 3.62. The molecule has 1 fully saturated rings. The van der Waals surface area contributed by atoms with Crippen LogP contribution in [0.4, 0.5) is 0 Å². The number of carbonyl (C=O) groups is 2. The fourth-order valence-corrected chi connectivity index (χ4v) is 3.33. The summed E-state index contributed by atoms with van der Waals surface area (Å²) in [7, 11) is 1.51. The van der Waals surface area contributed by atoms with Gasteiger partial charge in [-0.15, -0.1) is 0 Å². The number of methoxy groups -OCH3 is 1. The predicted molar refractivity (Wildman–Crippen MR) is 115 cm³/mol. The van der Waals surface area contributed by atoms with Crippen LogP contribution >= 0.6 is 15.9 Å². The van der Waals surface area contributed by atoms with Gasteiger partial charge in [-0.1, -0.05) is 12.1 Å². The maximum Gasteiger partial charge on any atom is 0.275 e. The van der Waals surface area contributed by atoms with E-state index in [2.05, 4.69) is 26.5 Å². The van der Waals surface area contributed by atoms with Gasteiger partial charge in [0, 0.05) is 13.1 Å². The summed E-state index contributed by atoms with van der Waals surface area (Å²) in [6.07, 6.45) is 1.51. The van der Waals surface area contributed by atoms with E-state index in [1.807, 2.05) is 0 Å². The second-order valence-corrected chi connectivity index (χ2v) is 7.23. The quantitative estimate of drug-likeness (QED) is 0.490. The number of carbonyl (C=O) groups excluding carboxylic acids is 2. The number of halogens is 1. The monoisotopic (exact) mass is 475 g/mol. The van der Waals surface area contributed by atoms with Crippen molar-refractivity contribution >= 4 is 34.0 Å². The first-order chi connectivity index (χ1) is 14.6. The minimum Gasteiger partial charge on any atom is -0.496 e. The normalized spacial score (nSPS) is 13.9. The summed E-state index contributed by atoms with van der Waals surface area (Å²) in [4.78, 5) is 26.1. The number of hydrogen-bond donors (Lipinski definition) is 1. The summed E-state index contributed by atoms with van der Waals surface area (Å²) in [6, 6.07) is 12.2. The lowest BCUT2D eigenvalue weighted by atomic mass is 10.2. The lowest BCUT2D eigenvalue weighted by molar-refractivity contribution is -0.137. The smallest absolute Gasteiger partial charge is 0.275 e. The largest absolute Gasteiger partial charge is 0.496 e. The topological polar surface area (TPSA) is 89.5 Å². The van der Waals surface area contributed by atoms with Crippen LogP contribution in [0.2, 0.25) is 0 Å². The van der Waals surface area contributed by atoms with Crippen LogP contribution in [0.1, 0.15) is 15.9 Å². The Labute approximate surface area is 182 Å². The number of amides is 2. The predicted octanol–water partition coefficient (Wildman–Crippen LogP) is 2.46. The van der Waals surface area contributed by atoms with Gasteiger partial charge in [0.25, 0.3) is 11.8 Å². The van der Waals surface area contributed by atoms with Crippen molar-refractivity contribution in [3.05, 3.63) is 58.1 Å². The Bertz CT molecular complexity index is 929. The Morgan fingerprint density at radius 2 is 1.97 bits per heavy atom. The van der Waals surface area contributed by atoms with E-state index in [4.69, 9.17) is 14.2 Å². The highest BCUT2D eigenvalue weighted by Gasteiger charge is 2.17. The van der Waals surface area contributed by atoms with Gasteiger partial charge in [-0.2, -0.15) is 5.10 Å². The second-order valence-electron chi connectivity index (χ2n) is 6.37. The molecule has 1 heterocycles. The van der Waals surface area contributed by atoms with Crippen LogP contribution in [0, 0.1) is 0 Å². The molecule has 0 aliphatic carbocycles. The highest BCUT2D eigenvalue weighted by molar-refractivity contribution is 9.10. The van der Waals surface area contributed by atoms with Gasteiger partial charge in [0.15, 0.2) is 6.61 Å². The first-order valence-electron chi connectivity index (χ1n) is 9.33. The zero-order chi connectivity index (χ0) is 21.3. The van der Waals surface area contributed by atoms with Crippen LogP contribution < -0.4 is 14.9 Å². The summed E-state index contributed by atoms with van der Waals surface area (Å²) in [6.45, 7) is 2.23. The molecule has 2 aromatic carbocycles. The van der Waals surface area contributed by atoms with Gasteiger partial charge in [0.2, 0.25) is 0 Å². The Balaban J connectivity index is 1.54. The van der Waals surface area contributed by atoms with Gasteiger partial charge < -0.3 is 19.1 Å². The van der Waals surface area contributed by atoms with E-state index >= 15 is 0 Å². The molecule has 3 rings (SSSR count). The zero-order valence-corrected chi connectivity index (χ0v) is 18.1. The number of hydrogen-bond acceptors (Lipinski definition) is 6. The fourth-order valence-electron chi connectivity index (χ4n) is 2.82. The fraction of sp³-hybridized carbons (Fsp3) is 0.286. The molecule has 0 bridgehead atoms. The standard InChI is InChI=1S/C21H22BrN3O5/c1-28-18-5-3-2-4-16(18)21(27)24-23-13-15-6-7-19(17(22)12-15)30-14-20(26)25-8-10-29-11-9-25/h2-7,12-13H,8-11,14H2,1H3,(H,24,27)/b23-13-. The van der Waals surface area contributed by atoms with Crippen molar-refractivity contribution in [2.75, 3.05) is 40.0 Å². The highest BCUT2D eigenvalue weighted by Crippen LogP contribution is 2.25. The number of ether oxygens (including phenoxy) is 3. The third-order valence-electron chi connectivity index (χ3n) is 4.40. The summed E-state index contributed by atoms with van der Waals surface area (Å²) < 4.78 is 16.7. The molecule has 0 radical (unpaired) electrons. The SMILES string of the molecule is COc1ccccc1C(=O)N/N=C\c1ccc(OCC(=O)N2CCOCC2)c(Br)c1. The molecule has 9 heteroatoms. The van der Waals surface area contributed by atoms with Crippen LogP contribution in [-0.2, 0) is 9.53 Å². The third kappa shape index (κ3) is 5.80. The molecule has 0 aromatic heterocycles. The number of benzene rings is 2. The van der Waals surface area contributed by atoms with Crippen LogP contribution in [-0.4, -0.2) is 62.9 Å². The maximum absolute atomic E-state index is 12.2. The lowest BCUT2D eigenvalue weighted by Crippen LogP contribution is -2.43. The van der Waals surface area contributed by atoms with E-state index in [1.54, 1.807) is 47.4 Å². The Morgan fingerprint density at radius 1 is 1.20 bits per heavy atom. The van der Waals surface area contributed by atoms with Gasteiger partial charge in [0.1, 0.15) is 11.5 Å². The molecule has 2 amide bonds. The second kappa shape index (κ2) is 10.7. The Hall–Kier alpha value is -2.91. The lowest BCUT2D eigenvalue weighted by Gasteiger charge is -2.26. The van der Waals surface area contributed by atoms with Crippen molar-refractivity contribution in [3.63, 3.8) is 0 Å². The summed E-state index contributed by atoms with van der Waals surface area (Å²) in [5.74, 6) is 0.576. The number of para-hydroxylation sites is 1. The van der Waals surface area contributed by atoms with Crippen LogP contribution in [0.25, 0.3) is 0 Å². The minimum atomic E-state index is -0.371. The van der Waals surface area contributed by atoms with E-state index < -0.39 is 0 Å². The van der Waals surface area contributed by atoms with E-state index in [0.717, 1.165) is 5.56 Å². The van der Waals surface area contributed by atoms with Gasteiger partial charge in [-0.25, -0.2) is 5.43 Å². The first-order valence-corrected chi connectivity index (χ1v) is 10.1. The molecule has 2 aromatic rings. The van der Waals surface area contributed by atoms with E-state index in [-0.39, 0.29) is 18.4 Å². The third-order valence-corrected chi connectivity index (χ3v) is 5.02. The van der Waals surface area contributed by atoms with Gasteiger partial charge >= 0.3 is 0 Å². The molecule has 8 nitrogen and oxygen atoms in total. The zero-order valence-electron chi connectivity index (χ0n) is 16.5. The number of morpholine rings is 1. The molecule has 1 N–H and O–H groups in total. The van der Waals surface area contributed by atoms with Crippen molar-refractivity contribution in [1.82, 2.24) is 10.3 Å². The Morgan fingerprint density at radius 3 is 2.70 bits per heavy atom. The van der Waals surface area contributed by atoms with Crippen molar-refractivity contribution in [2.45, 2.75) is 0 Å². The number of hydrazone groups is 1. The van der Waals surface area contributed by atoms with E-state index in [1.165, 1.54) is 13.3 Å². The number of nitrogens with one attached hydrogen (secondary N) is 1. The van der Waals surface area contributed by atoms with Crippen molar-refractivity contribution in [3.8, 4) is 11.5 Å². The molecule has 0 saturated carbocycles. The maximum atomic E-state index is 12.2. The number of nitrogens with zero attached hydrogens (tertiary/aromatic N) is 2. The number of rotatable bonds is 7. The van der Waals surface area contributed by atoms with Crippen molar-refractivity contribution < 1.29 is 23.8 Å². The first kappa shape index (κ1) is 21.8. The molecular weight excluding hydrogens is 454 g/mol. The molecular formula is C21H22BrN3O5. The molecule has 0 atom stereocenters. The van der Waals surface area contributed by atoms with Crippen LogP contribution in [0.5, 0.6) is 11.5 Å². The van der Waals surface area contributed by atoms with E-state index in [9.17, 15) is 9.59 Å². The molecule has 158 valence electrons. The summed E-state index contributed by atoms with van der Waals surface area (Å²) >= 11 is 3.43. The van der Waals surface area contributed by atoms with Gasteiger partial charge in [0.05, 0.1) is 36.6 Å². The molecule has 0 unspecified atom stereocenters. The molecule has 0 spiro atoms. The Kier molecular flexibility index (Phi) is 7.81. The van der Waals surface area contributed by atoms with E-state index in [0.29, 0.717) is 47.8 Å². The average molecular weight is 476 g/mol. The average Bonchev–Trinajstić information content (AvgIpc) is 2.78. The van der Waals surface area contributed by atoms with Gasteiger partial charge in [-0.3, -0.25) is 9.59 Å². The van der Waals surface area contributed by atoms with Gasteiger partial charge in [-0.05, 0) is 51.8 Å². The summed E-state index contributed by atoms with van der Waals surface area (Å²) in [5, 5.41) is 3.99. The molecule has 1 aliphatic rings. The van der Waals surface area contributed by atoms with Crippen molar-refractivity contribution in [1.29, 1.82) is 0 Å².